The number of aromatic nitrogens is 1. The Morgan fingerprint density at radius 1 is 1.67 bits per heavy atom. The molecule has 0 saturated heterocycles. The normalized spacial score (nSPS) is 12.5. The Labute approximate surface area is 103 Å². The Morgan fingerprint density at radius 3 is 3.00 bits per heavy atom. The molecule has 0 bridgehead atoms. The fourth-order valence-corrected chi connectivity index (χ4v) is 1.83. The van der Waals surface area contributed by atoms with Crippen molar-refractivity contribution in [3.05, 3.63) is 21.8 Å². The van der Waals surface area contributed by atoms with Gasteiger partial charge in [-0.05, 0) is 34.3 Å². The zero-order valence-corrected chi connectivity index (χ0v) is 10.8. The molecule has 2 N–H and O–H groups in total. The molecule has 0 spiro atoms. The molecule has 1 aromatic rings. The van der Waals surface area contributed by atoms with Crippen molar-refractivity contribution in [1.82, 2.24) is 4.98 Å². The monoisotopic (exact) mass is 292 g/mol. The molecule has 3 nitrogen and oxygen atoms in total. The highest BCUT2D eigenvalue weighted by Crippen LogP contribution is 2.23. The number of aliphatic hydroxyl groups is 1. The van der Waals surface area contributed by atoms with E-state index in [1.165, 1.54) is 0 Å². The van der Waals surface area contributed by atoms with E-state index in [0.717, 1.165) is 17.4 Å². The van der Waals surface area contributed by atoms with Crippen molar-refractivity contribution in [2.45, 2.75) is 13.3 Å². The van der Waals surface area contributed by atoms with Gasteiger partial charge in [0, 0.05) is 23.8 Å². The molecule has 1 atom stereocenters. The third kappa shape index (κ3) is 4.36. The minimum Gasteiger partial charge on any atom is -0.396 e. The van der Waals surface area contributed by atoms with E-state index >= 15 is 0 Å². The van der Waals surface area contributed by atoms with Gasteiger partial charge in [0.25, 0.3) is 0 Å². The van der Waals surface area contributed by atoms with Crippen molar-refractivity contribution in [3.63, 3.8) is 0 Å². The fourth-order valence-electron chi connectivity index (χ4n) is 1.14. The molecule has 0 amide bonds. The van der Waals surface area contributed by atoms with Crippen LogP contribution in [0.2, 0.25) is 5.02 Å². The summed E-state index contributed by atoms with van der Waals surface area (Å²) in [5.41, 5.74) is 0. The zero-order valence-electron chi connectivity index (χ0n) is 8.50. The highest BCUT2D eigenvalue weighted by Gasteiger charge is 2.05. The van der Waals surface area contributed by atoms with E-state index < -0.39 is 0 Å². The van der Waals surface area contributed by atoms with Gasteiger partial charge in [0.2, 0.25) is 0 Å². The van der Waals surface area contributed by atoms with Crippen LogP contribution < -0.4 is 5.32 Å². The first-order valence-electron chi connectivity index (χ1n) is 4.79. The molecule has 5 heteroatoms. The number of nitrogens with zero attached hydrogens (tertiary/aromatic N) is 1. The van der Waals surface area contributed by atoms with Gasteiger partial charge >= 0.3 is 0 Å². The van der Waals surface area contributed by atoms with Gasteiger partial charge in [-0.1, -0.05) is 18.5 Å². The van der Waals surface area contributed by atoms with Crippen LogP contribution in [0.3, 0.4) is 0 Å². The SMILES string of the molecule is CC(CCO)CNc1ncc(Br)cc1Cl. The van der Waals surface area contributed by atoms with Crippen molar-refractivity contribution >= 4 is 33.3 Å². The van der Waals surface area contributed by atoms with Gasteiger partial charge in [0.15, 0.2) is 0 Å². The highest BCUT2D eigenvalue weighted by atomic mass is 79.9. The van der Waals surface area contributed by atoms with Crippen LogP contribution in [0.5, 0.6) is 0 Å². The number of rotatable bonds is 5. The van der Waals surface area contributed by atoms with E-state index in [9.17, 15) is 0 Å². The third-order valence-electron chi connectivity index (χ3n) is 2.05. The smallest absolute Gasteiger partial charge is 0.144 e. The van der Waals surface area contributed by atoms with Crippen molar-refractivity contribution in [1.29, 1.82) is 0 Å². The minimum atomic E-state index is 0.213. The van der Waals surface area contributed by atoms with Gasteiger partial charge in [0.1, 0.15) is 5.82 Å². The van der Waals surface area contributed by atoms with Crippen LogP contribution >= 0.6 is 27.5 Å². The molecule has 0 aromatic carbocycles. The zero-order chi connectivity index (χ0) is 11.3. The molecule has 84 valence electrons. The molecule has 0 aliphatic heterocycles. The van der Waals surface area contributed by atoms with Crippen LogP contribution in [0.15, 0.2) is 16.7 Å². The number of hydrogen-bond donors (Lipinski definition) is 2. The average Bonchev–Trinajstić information content (AvgIpc) is 2.17. The second kappa shape index (κ2) is 6.30. The standard InChI is InChI=1S/C10H14BrClN2O/c1-7(2-3-15)5-13-10-9(12)4-8(11)6-14-10/h4,6-7,15H,2-3,5H2,1H3,(H,13,14). The molecule has 0 aliphatic rings. The van der Waals surface area contributed by atoms with Gasteiger partial charge in [-0.2, -0.15) is 0 Å². The number of anilines is 1. The van der Waals surface area contributed by atoms with E-state index in [-0.39, 0.29) is 6.61 Å². The molecule has 0 radical (unpaired) electrons. The summed E-state index contributed by atoms with van der Waals surface area (Å²) >= 11 is 9.28. The van der Waals surface area contributed by atoms with Gasteiger partial charge in [-0.3, -0.25) is 0 Å². The molecular formula is C10H14BrClN2O. The molecule has 1 heterocycles. The lowest BCUT2D eigenvalue weighted by atomic mass is 10.1. The average molecular weight is 294 g/mol. The largest absolute Gasteiger partial charge is 0.396 e. The maximum atomic E-state index is 8.75. The summed E-state index contributed by atoms with van der Waals surface area (Å²) < 4.78 is 0.862. The maximum absolute atomic E-state index is 8.75. The van der Waals surface area contributed by atoms with E-state index in [0.29, 0.717) is 16.8 Å². The molecule has 1 aromatic heterocycles. The molecular weight excluding hydrogens is 279 g/mol. The Morgan fingerprint density at radius 2 is 2.40 bits per heavy atom. The van der Waals surface area contributed by atoms with E-state index in [1.54, 1.807) is 12.3 Å². The quantitative estimate of drug-likeness (QED) is 0.877. The van der Waals surface area contributed by atoms with Gasteiger partial charge in [0.05, 0.1) is 5.02 Å². The molecule has 0 fully saturated rings. The van der Waals surface area contributed by atoms with E-state index in [4.69, 9.17) is 16.7 Å². The Hall–Kier alpha value is -0.320. The molecule has 1 unspecified atom stereocenters. The Bertz CT molecular complexity index is 322. The summed E-state index contributed by atoms with van der Waals surface area (Å²) in [5.74, 6) is 1.08. The second-order valence-corrected chi connectivity index (χ2v) is 4.81. The summed E-state index contributed by atoms with van der Waals surface area (Å²) in [6.07, 6.45) is 2.48. The topological polar surface area (TPSA) is 45.1 Å². The highest BCUT2D eigenvalue weighted by molar-refractivity contribution is 9.10. The van der Waals surface area contributed by atoms with Crippen LogP contribution in [-0.2, 0) is 0 Å². The molecule has 0 saturated carbocycles. The first-order valence-corrected chi connectivity index (χ1v) is 5.96. The number of halogens is 2. The van der Waals surface area contributed by atoms with Crippen molar-refractivity contribution in [2.75, 3.05) is 18.5 Å². The lowest BCUT2D eigenvalue weighted by Crippen LogP contribution is -2.13. The molecule has 1 rings (SSSR count). The summed E-state index contributed by atoms with van der Waals surface area (Å²) in [5, 5.41) is 12.5. The summed E-state index contributed by atoms with van der Waals surface area (Å²) in [6, 6.07) is 1.80. The maximum Gasteiger partial charge on any atom is 0.144 e. The summed E-state index contributed by atoms with van der Waals surface area (Å²) in [6.45, 7) is 3.04. The van der Waals surface area contributed by atoms with Crippen molar-refractivity contribution < 1.29 is 5.11 Å². The van der Waals surface area contributed by atoms with Crippen molar-refractivity contribution in [2.24, 2.45) is 5.92 Å². The molecule has 15 heavy (non-hydrogen) atoms. The van der Waals surface area contributed by atoms with Crippen LogP contribution in [0.4, 0.5) is 5.82 Å². The van der Waals surface area contributed by atoms with Crippen molar-refractivity contribution in [3.8, 4) is 0 Å². The first kappa shape index (κ1) is 12.7. The minimum absolute atomic E-state index is 0.213. The number of nitrogens with one attached hydrogen (secondary N) is 1. The Kier molecular flexibility index (Phi) is 5.36. The van der Waals surface area contributed by atoms with Gasteiger partial charge in [-0.15, -0.1) is 0 Å². The number of pyridine rings is 1. The summed E-state index contributed by atoms with van der Waals surface area (Å²) in [7, 11) is 0. The van der Waals surface area contributed by atoms with Crippen LogP contribution in [0.1, 0.15) is 13.3 Å². The van der Waals surface area contributed by atoms with Gasteiger partial charge < -0.3 is 10.4 Å². The Balaban J connectivity index is 2.50. The second-order valence-electron chi connectivity index (χ2n) is 3.48. The fraction of sp³-hybridized carbons (Fsp3) is 0.500. The predicted molar refractivity (Wildman–Crippen MR) is 66.3 cm³/mol. The van der Waals surface area contributed by atoms with E-state index in [2.05, 4.69) is 33.2 Å². The van der Waals surface area contributed by atoms with Crippen LogP contribution in [-0.4, -0.2) is 23.2 Å². The summed E-state index contributed by atoms with van der Waals surface area (Å²) in [4.78, 5) is 4.16. The van der Waals surface area contributed by atoms with E-state index in [1.807, 2.05) is 0 Å². The lowest BCUT2D eigenvalue weighted by Gasteiger charge is -2.12. The number of aliphatic hydroxyl groups excluding tert-OH is 1. The lowest BCUT2D eigenvalue weighted by molar-refractivity contribution is 0.266. The third-order valence-corrected chi connectivity index (χ3v) is 2.77. The first-order chi connectivity index (χ1) is 7.13. The van der Waals surface area contributed by atoms with Gasteiger partial charge in [-0.25, -0.2) is 4.98 Å². The number of hydrogen-bond acceptors (Lipinski definition) is 3. The van der Waals surface area contributed by atoms with Crippen LogP contribution in [0, 0.1) is 5.92 Å². The van der Waals surface area contributed by atoms with Crippen LogP contribution in [0.25, 0.3) is 0 Å². The predicted octanol–water partition coefficient (Wildman–Crippen LogP) is 2.93. The molecule has 0 aliphatic carbocycles.